The van der Waals surface area contributed by atoms with E-state index < -0.39 is 18.5 Å². The molecule has 9 heteroatoms. The third-order valence-corrected chi connectivity index (χ3v) is 5.73. The molecule has 0 aliphatic carbocycles. The topological polar surface area (TPSA) is 88.6 Å². The lowest BCUT2D eigenvalue weighted by Crippen LogP contribution is -2.44. The monoisotopic (exact) mass is 399 g/mol. The summed E-state index contributed by atoms with van der Waals surface area (Å²) in [6.45, 7) is -0.584. The summed E-state index contributed by atoms with van der Waals surface area (Å²) in [5.74, 6) is -1.44. The van der Waals surface area contributed by atoms with Crippen molar-refractivity contribution in [2.24, 2.45) is 0 Å². The first-order valence-electron chi connectivity index (χ1n) is 7.97. The van der Waals surface area contributed by atoms with Crippen molar-refractivity contribution in [2.45, 2.75) is 0 Å². The number of thiazole rings is 1. The molecule has 3 aromatic rings. The highest BCUT2D eigenvalue weighted by Gasteiger charge is 2.27. The highest BCUT2D eigenvalue weighted by atomic mass is 32.1. The number of ether oxygens (including phenoxy) is 1. The first-order valence-corrected chi connectivity index (χ1v) is 9.73. The minimum absolute atomic E-state index is 0.118. The van der Waals surface area contributed by atoms with Gasteiger partial charge in [0.05, 0.1) is 16.3 Å². The van der Waals surface area contributed by atoms with Gasteiger partial charge >= 0.3 is 5.97 Å². The van der Waals surface area contributed by atoms with Crippen LogP contribution in [0.1, 0.15) is 10.5 Å². The molecular formula is C18H13N3O4S2. The van der Waals surface area contributed by atoms with Crippen LogP contribution in [0.2, 0.25) is 0 Å². The van der Waals surface area contributed by atoms with E-state index in [0.29, 0.717) is 11.4 Å². The lowest BCUT2D eigenvalue weighted by molar-refractivity contribution is -0.124. The van der Waals surface area contributed by atoms with Crippen molar-refractivity contribution in [1.82, 2.24) is 4.98 Å². The summed E-state index contributed by atoms with van der Waals surface area (Å²) in [6, 6.07) is 10.8. The zero-order chi connectivity index (χ0) is 18.8. The standard InChI is InChI=1S/C18H13N3O4S2/c22-15-8-21(13-5-2-1-4-11(13)19-15)16(23)9-25-18(24)12-10-27-17(20-12)14-6-3-7-26-14/h1-7,10H,8-9H2,(H,19,22). The number of para-hydroxylation sites is 2. The Morgan fingerprint density at radius 2 is 2.04 bits per heavy atom. The predicted octanol–water partition coefficient (Wildman–Crippen LogP) is 3.01. The van der Waals surface area contributed by atoms with E-state index in [1.54, 1.807) is 29.6 Å². The first kappa shape index (κ1) is 17.4. The van der Waals surface area contributed by atoms with E-state index in [1.807, 2.05) is 17.5 Å². The predicted molar refractivity (Wildman–Crippen MR) is 103 cm³/mol. The van der Waals surface area contributed by atoms with Gasteiger partial charge in [0.15, 0.2) is 12.3 Å². The van der Waals surface area contributed by atoms with E-state index in [2.05, 4.69) is 10.3 Å². The third kappa shape index (κ3) is 3.60. The van der Waals surface area contributed by atoms with Crippen molar-refractivity contribution in [3.63, 3.8) is 0 Å². The molecule has 0 fully saturated rings. The van der Waals surface area contributed by atoms with Crippen LogP contribution in [0.4, 0.5) is 11.4 Å². The first-order chi connectivity index (χ1) is 13.1. The van der Waals surface area contributed by atoms with Crippen LogP contribution in [0, 0.1) is 0 Å². The summed E-state index contributed by atoms with van der Waals surface area (Å²) < 4.78 is 5.11. The Balaban J connectivity index is 1.42. The van der Waals surface area contributed by atoms with Gasteiger partial charge in [0.2, 0.25) is 5.91 Å². The largest absolute Gasteiger partial charge is 0.451 e. The average Bonchev–Trinajstić information content (AvgIpc) is 3.36. The van der Waals surface area contributed by atoms with Crippen LogP contribution in [0.25, 0.3) is 9.88 Å². The molecule has 1 aromatic carbocycles. The van der Waals surface area contributed by atoms with Gasteiger partial charge in [0.1, 0.15) is 11.6 Å². The summed E-state index contributed by atoms with van der Waals surface area (Å²) >= 11 is 2.87. The number of carbonyl (C=O) groups excluding carboxylic acids is 3. The Morgan fingerprint density at radius 1 is 1.19 bits per heavy atom. The van der Waals surface area contributed by atoms with Gasteiger partial charge in [-0.1, -0.05) is 18.2 Å². The quantitative estimate of drug-likeness (QED) is 0.682. The van der Waals surface area contributed by atoms with Gasteiger partial charge in [0, 0.05) is 5.38 Å². The maximum Gasteiger partial charge on any atom is 0.358 e. The number of fused-ring (bicyclic) bond motifs is 1. The van der Waals surface area contributed by atoms with Gasteiger partial charge in [0.25, 0.3) is 5.91 Å². The van der Waals surface area contributed by atoms with Crippen molar-refractivity contribution in [3.8, 4) is 9.88 Å². The Bertz CT molecular complexity index is 1010. The van der Waals surface area contributed by atoms with E-state index in [1.165, 1.54) is 27.6 Å². The number of carbonyl (C=O) groups is 3. The molecule has 1 aliphatic rings. The van der Waals surface area contributed by atoms with Crippen LogP contribution < -0.4 is 10.2 Å². The van der Waals surface area contributed by atoms with Gasteiger partial charge in [-0.05, 0) is 23.6 Å². The second-order valence-corrected chi connectivity index (χ2v) is 7.44. The summed E-state index contributed by atoms with van der Waals surface area (Å²) in [6.07, 6.45) is 0. The van der Waals surface area contributed by atoms with Crippen molar-refractivity contribution < 1.29 is 19.1 Å². The van der Waals surface area contributed by atoms with Crippen molar-refractivity contribution in [3.05, 3.63) is 52.9 Å². The van der Waals surface area contributed by atoms with Gasteiger partial charge in [-0.15, -0.1) is 22.7 Å². The minimum atomic E-state index is -0.669. The lowest BCUT2D eigenvalue weighted by atomic mass is 10.2. The molecule has 1 aliphatic heterocycles. The van der Waals surface area contributed by atoms with Gasteiger partial charge in [-0.2, -0.15) is 0 Å². The molecule has 0 saturated heterocycles. The number of nitrogens with one attached hydrogen (secondary N) is 1. The molecule has 0 unspecified atom stereocenters. The number of amides is 2. The molecule has 0 saturated carbocycles. The molecular weight excluding hydrogens is 386 g/mol. The van der Waals surface area contributed by atoms with Gasteiger partial charge in [-0.3, -0.25) is 14.5 Å². The number of rotatable bonds is 4. The molecule has 136 valence electrons. The molecule has 0 spiro atoms. The van der Waals surface area contributed by atoms with Crippen LogP contribution in [-0.2, 0) is 14.3 Å². The maximum atomic E-state index is 12.5. The summed E-state index contributed by atoms with van der Waals surface area (Å²) in [5, 5.41) is 6.96. The van der Waals surface area contributed by atoms with E-state index in [-0.39, 0.29) is 18.1 Å². The zero-order valence-corrected chi connectivity index (χ0v) is 15.5. The van der Waals surface area contributed by atoms with Crippen LogP contribution in [0.5, 0.6) is 0 Å². The number of benzene rings is 1. The van der Waals surface area contributed by atoms with E-state index in [4.69, 9.17) is 4.74 Å². The lowest BCUT2D eigenvalue weighted by Gasteiger charge is -2.28. The number of hydrogen-bond acceptors (Lipinski definition) is 7. The Labute approximate surface area is 162 Å². The van der Waals surface area contributed by atoms with E-state index >= 15 is 0 Å². The third-order valence-electron chi connectivity index (χ3n) is 3.84. The Hall–Kier alpha value is -3.04. The molecule has 4 rings (SSSR count). The number of nitrogens with zero attached hydrogens (tertiary/aromatic N) is 2. The number of thiophene rings is 1. The van der Waals surface area contributed by atoms with Crippen molar-refractivity contribution in [1.29, 1.82) is 0 Å². The number of hydrogen-bond donors (Lipinski definition) is 1. The molecule has 2 amide bonds. The zero-order valence-electron chi connectivity index (χ0n) is 13.9. The fourth-order valence-corrected chi connectivity index (χ4v) is 4.22. The molecule has 7 nitrogen and oxygen atoms in total. The second-order valence-electron chi connectivity index (χ2n) is 5.64. The molecule has 3 heterocycles. The summed E-state index contributed by atoms with van der Waals surface area (Å²) in [5.41, 5.74) is 1.29. The molecule has 1 N–H and O–H groups in total. The molecule has 0 atom stereocenters. The SMILES string of the molecule is O=C1CN(C(=O)COC(=O)c2csc(-c3cccs3)n2)c2ccccc2N1. The summed E-state index contributed by atoms with van der Waals surface area (Å²) in [4.78, 5) is 43.0. The fourth-order valence-electron chi connectivity index (χ4n) is 2.62. The summed E-state index contributed by atoms with van der Waals surface area (Å²) in [7, 11) is 0. The minimum Gasteiger partial charge on any atom is -0.451 e. The van der Waals surface area contributed by atoms with Crippen LogP contribution >= 0.6 is 22.7 Å². The Kier molecular flexibility index (Phi) is 4.69. The highest BCUT2D eigenvalue weighted by molar-refractivity contribution is 7.20. The number of aromatic nitrogens is 1. The molecule has 0 radical (unpaired) electrons. The normalized spacial score (nSPS) is 13.0. The molecule has 0 bridgehead atoms. The van der Waals surface area contributed by atoms with Crippen LogP contribution in [-0.4, -0.2) is 35.9 Å². The Morgan fingerprint density at radius 3 is 2.85 bits per heavy atom. The van der Waals surface area contributed by atoms with E-state index in [9.17, 15) is 14.4 Å². The number of esters is 1. The van der Waals surface area contributed by atoms with Crippen LogP contribution in [0.3, 0.4) is 0 Å². The number of anilines is 2. The average molecular weight is 399 g/mol. The van der Waals surface area contributed by atoms with E-state index in [0.717, 1.165) is 9.88 Å². The van der Waals surface area contributed by atoms with Crippen molar-refractivity contribution in [2.75, 3.05) is 23.4 Å². The molecule has 27 heavy (non-hydrogen) atoms. The second kappa shape index (κ2) is 7.29. The van der Waals surface area contributed by atoms with Gasteiger partial charge in [-0.25, -0.2) is 9.78 Å². The van der Waals surface area contributed by atoms with Crippen molar-refractivity contribution >= 4 is 51.8 Å². The van der Waals surface area contributed by atoms with Crippen LogP contribution in [0.15, 0.2) is 47.2 Å². The molecule has 2 aromatic heterocycles. The highest BCUT2D eigenvalue weighted by Crippen LogP contribution is 2.29. The fraction of sp³-hybridized carbons (Fsp3) is 0.111. The maximum absolute atomic E-state index is 12.5. The van der Waals surface area contributed by atoms with Gasteiger partial charge < -0.3 is 10.1 Å². The smallest absolute Gasteiger partial charge is 0.358 e.